The van der Waals surface area contributed by atoms with E-state index in [4.69, 9.17) is 9.47 Å². The molecule has 9 nitrogen and oxygen atoms in total. The summed E-state index contributed by atoms with van der Waals surface area (Å²) in [7, 11) is 1.83. The van der Waals surface area contributed by atoms with Crippen LogP contribution in [0.5, 0.6) is 0 Å². The quantitative estimate of drug-likeness (QED) is 0.114. The monoisotopic (exact) mass is 689 g/mol. The van der Waals surface area contributed by atoms with Crippen LogP contribution in [0.25, 0.3) is 0 Å². The molecule has 40 heavy (non-hydrogen) atoms. The van der Waals surface area contributed by atoms with Gasteiger partial charge in [-0.2, -0.15) is 0 Å². The normalized spacial score (nSPS) is 12.2. The van der Waals surface area contributed by atoms with Crippen molar-refractivity contribution in [3.63, 3.8) is 0 Å². The zero-order chi connectivity index (χ0) is 28.7. The van der Waals surface area contributed by atoms with Crippen LogP contribution < -0.4 is 34.0 Å². The van der Waals surface area contributed by atoms with Gasteiger partial charge >= 0.3 is 12.1 Å². The first kappa shape index (κ1) is 35.8. The molecule has 2 N–H and O–H groups in total. The van der Waals surface area contributed by atoms with Crippen molar-refractivity contribution in [1.82, 2.24) is 4.72 Å². The summed E-state index contributed by atoms with van der Waals surface area (Å²) < 4.78 is 39.9. The van der Waals surface area contributed by atoms with Crippen LogP contribution in [-0.2, 0) is 30.9 Å². The van der Waals surface area contributed by atoms with Gasteiger partial charge < -0.3 is 37.9 Å². The van der Waals surface area contributed by atoms with E-state index in [0.29, 0.717) is 23.3 Å². The number of anilines is 1. The molecule has 0 heterocycles. The zero-order valence-corrected chi connectivity index (χ0v) is 27.0. The highest BCUT2D eigenvalue weighted by atomic mass is 127. The lowest BCUT2D eigenvalue weighted by Crippen LogP contribution is -3.00. The van der Waals surface area contributed by atoms with Crippen molar-refractivity contribution in [3.8, 4) is 0 Å². The Morgan fingerprint density at radius 1 is 0.875 bits per heavy atom. The molecule has 0 aliphatic rings. The van der Waals surface area contributed by atoms with E-state index < -0.39 is 28.1 Å². The highest BCUT2D eigenvalue weighted by Crippen LogP contribution is 2.16. The molecule has 2 aromatic rings. The summed E-state index contributed by atoms with van der Waals surface area (Å²) in [4.78, 5) is 24.6. The third-order valence-electron chi connectivity index (χ3n) is 5.89. The lowest BCUT2D eigenvalue weighted by molar-refractivity contribution is -0.871. The Kier molecular flexibility index (Phi) is 16.3. The molecule has 0 saturated heterocycles. The Morgan fingerprint density at radius 2 is 1.50 bits per heavy atom. The highest BCUT2D eigenvalue weighted by Gasteiger charge is 2.27. The smallest absolute Gasteiger partial charge is 0.411 e. The fourth-order valence-electron chi connectivity index (χ4n) is 4.01. The Hall–Kier alpha value is -2.22. The first-order valence-electron chi connectivity index (χ1n) is 13.5. The van der Waals surface area contributed by atoms with E-state index in [1.54, 1.807) is 0 Å². The van der Waals surface area contributed by atoms with Crippen molar-refractivity contribution in [2.24, 2.45) is 0 Å². The molecule has 0 radical (unpaired) electrons. The number of halogens is 1. The average Bonchev–Trinajstić information content (AvgIpc) is 2.86. The van der Waals surface area contributed by atoms with Crippen molar-refractivity contribution < 1.29 is 55.9 Å². The van der Waals surface area contributed by atoms with Crippen molar-refractivity contribution in [1.29, 1.82) is 0 Å². The lowest BCUT2D eigenvalue weighted by Gasteiger charge is -2.29. The molecule has 1 amide bonds. The van der Waals surface area contributed by atoms with Crippen LogP contribution in [0.2, 0.25) is 0 Å². The summed E-state index contributed by atoms with van der Waals surface area (Å²) in [5, 5.41) is 2.62. The molecule has 224 valence electrons. The summed E-state index contributed by atoms with van der Waals surface area (Å²) in [5.74, 6) is -0.487. The maximum absolute atomic E-state index is 13.1. The number of rotatable bonds is 17. The average molecular weight is 690 g/mol. The number of nitrogens with one attached hydrogen (secondary N) is 2. The van der Waals surface area contributed by atoms with Gasteiger partial charge in [-0.25, -0.2) is 17.9 Å². The molecule has 0 aliphatic heterocycles. The van der Waals surface area contributed by atoms with Gasteiger partial charge in [-0.15, -0.1) is 0 Å². The van der Waals surface area contributed by atoms with E-state index in [1.165, 1.54) is 43.5 Å². The summed E-state index contributed by atoms with van der Waals surface area (Å²) in [6.07, 6.45) is 5.89. The van der Waals surface area contributed by atoms with Crippen molar-refractivity contribution in [3.05, 3.63) is 60.2 Å². The van der Waals surface area contributed by atoms with E-state index in [2.05, 4.69) is 17.0 Å². The number of benzene rings is 2. The van der Waals surface area contributed by atoms with Gasteiger partial charge in [-0.05, 0) is 36.2 Å². The minimum Gasteiger partial charge on any atom is -1.00 e. The number of hydrogen-bond donors (Lipinski definition) is 2. The summed E-state index contributed by atoms with van der Waals surface area (Å²) in [6, 6.07) is 14.4. The van der Waals surface area contributed by atoms with E-state index in [1.807, 2.05) is 51.5 Å². The minimum absolute atomic E-state index is 0. The van der Waals surface area contributed by atoms with Gasteiger partial charge in [0.1, 0.15) is 6.61 Å². The van der Waals surface area contributed by atoms with E-state index >= 15 is 0 Å². The fourth-order valence-corrected chi connectivity index (χ4v) is 5.24. The molecular formula is C29H44IN3O6S. The predicted molar refractivity (Wildman–Crippen MR) is 153 cm³/mol. The fraction of sp³-hybridized carbons (Fsp3) is 0.517. The number of carbonyl (C=O) groups is 2. The van der Waals surface area contributed by atoms with E-state index in [9.17, 15) is 18.0 Å². The number of nitrogens with zero attached hydrogens (tertiary/aromatic N) is 1. The largest absolute Gasteiger partial charge is 1.00 e. The van der Waals surface area contributed by atoms with Crippen LogP contribution in [0.4, 0.5) is 10.5 Å². The summed E-state index contributed by atoms with van der Waals surface area (Å²) >= 11 is 0. The van der Waals surface area contributed by atoms with Crippen LogP contribution in [0, 0.1) is 0 Å². The Balaban J connectivity index is 0.00000800. The number of esters is 1. The summed E-state index contributed by atoms with van der Waals surface area (Å²) in [5.41, 5.74) is 1.28. The molecule has 2 aromatic carbocycles. The second-order valence-corrected chi connectivity index (χ2v) is 12.4. The molecule has 0 aliphatic carbocycles. The Morgan fingerprint density at radius 3 is 2.12 bits per heavy atom. The number of hydrogen-bond acceptors (Lipinski definition) is 6. The van der Waals surface area contributed by atoms with Gasteiger partial charge in [0, 0.05) is 5.69 Å². The van der Waals surface area contributed by atoms with Crippen molar-refractivity contribution in [2.45, 2.75) is 69.4 Å². The number of amides is 1. The SMILES string of the molecule is CCCCCCCCOC(=O)Nc1ccc(S(=O)(=O)N[C@H](CC(=O)OCc2ccccc2)C[N+](C)(C)C)cc1.[I-]. The van der Waals surface area contributed by atoms with Gasteiger partial charge in [0.15, 0.2) is 0 Å². The standard InChI is InChI=1S/C29H43N3O6S.HI/c1-5-6-7-8-9-13-20-37-29(34)30-25-16-18-27(19-17-25)39(35,36)31-26(22-32(2,3)4)21-28(33)38-23-24-14-11-10-12-15-24;/h10-12,14-19,26,31H,5-9,13,20-23H2,1-4H3;1H/t26-;/m1./s1. The third kappa shape index (κ3) is 15.0. The zero-order valence-electron chi connectivity index (χ0n) is 24.0. The topological polar surface area (TPSA) is 111 Å². The molecule has 0 aromatic heterocycles. The first-order chi connectivity index (χ1) is 18.5. The third-order valence-corrected chi connectivity index (χ3v) is 7.42. The summed E-state index contributed by atoms with van der Waals surface area (Å²) in [6.45, 7) is 3.01. The second-order valence-electron chi connectivity index (χ2n) is 10.7. The van der Waals surface area contributed by atoms with Gasteiger partial charge in [-0.3, -0.25) is 10.1 Å². The van der Waals surface area contributed by atoms with E-state index in [0.717, 1.165) is 24.8 Å². The van der Waals surface area contributed by atoms with Gasteiger partial charge in [0.2, 0.25) is 10.0 Å². The van der Waals surface area contributed by atoms with Crippen LogP contribution in [0.15, 0.2) is 59.5 Å². The lowest BCUT2D eigenvalue weighted by atomic mass is 10.1. The molecule has 2 rings (SSSR count). The highest BCUT2D eigenvalue weighted by molar-refractivity contribution is 7.89. The maximum atomic E-state index is 13.1. The number of sulfonamides is 1. The van der Waals surface area contributed by atoms with Crippen LogP contribution in [0.1, 0.15) is 57.4 Å². The van der Waals surface area contributed by atoms with Crippen molar-refractivity contribution in [2.75, 3.05) is 39.6 Å². The predicted octanol–water partition coefficient (Wildman–Crippen LogP) is 2.09. The Bertz CT molecular complexity index is 1120. The van der Waals surface area contributed by atoms with Crippen molar-refractivity contribution >= 4 is 27.8 Å². The van der Waals surface area contributed by atoms with Crippen LogP contribution in [0.3, 0.4) is 0 Å². The second kappa shape index (κ2) is 18.3. The minimum atomic E-state index is -3.93. The number of likely N-dealkylation sites (N-methyl/N-ethyl adjacent to an activating group) is 1. The number of carbonyl (C=O) groups excluding carboxylic acids is 2. The van der Waals surface area contributed by atoms with Crippen LogP contribution in [-0.4, -0.2) is 65.3 Å². The molecule has 0 saturated carbocycles. The molecule has 1 atom stereocenters. The van der Waals surface area contributed by atoms with Gasteiger partial charge in [-0.1, -0.05) is 69.4 Å². The molecule has 0 fully saturated rings. The Labute approximate surface area is 256 Å². The maximum Gasteiger partial charge on any atom is 0.411 e. The van der Waals surface area contributed by atoms with E-state index in [-0.39, 0.29) is 41.9 Å². The number of unbranched alkanes of at least 4 members (excludes halogenated alkanes) is 5. The van der Waals surface area contributed by atoms with Gasteiger partial charge in [0.05, 0.1) is 51.7 Å². The number of ether oxygens (including phenoxy) is 2. The molecule has 0 bridgehead atoms. The van der Waals surface area contributed by atoms with Crippen LogP contribution >= 0.6 is 0 Å². The van der Waals surface area contributed by atoms with Gasteiger partial charge in [0.25, 0.3) is 0 Å². The first-order valence-corrected chi connectivity index (χ1v) is 15.0. The molecule has 0 unspecified atom stereocenters. The number of quaternary nitrogens is 1. The molecule has 11 heteroatoms. The molecule has 0 spiro atoms. The molecular weight excluding hydrogens is 645 g/mol.